The van der Waals surface area contributed by atoms with Gasteiger partial charge in [0.15, 0.2) is 0 Å². The minimum absolute atomic E-state index is 0.168. The lowest BCUT2D eigenvalue weighted by Crippen LogP contribution is -2.48. The molecule has 1 fully saturated rings. The average molecular weight is 323 g/mol. The summed E-state index contributed by atoms with van der Waals surface area (Å²) in [6.07, 6.45) is 0.619. The molecule has 1 unspecified atom stereocenters. The lowest BCUT2D eigenvalue weighted by atomic mass is 10.2. The van der Waals surface area contributed by atoms with E-state index in [-0.39, 0.29) is 28.2 Å². The summed E-state index contributed by atoms with van der Waals surface area (Å²) in [7, 11) is -3.82. The molecule has 0 aromatic heterocycles. The molecule has 2 N–H and O–H groups in total. The normalized spacial score (nSPS) is 21.1. The van der Waals surface area contributed by atoms with Gasteiger partial charge in [0.2, 0.25) is 10.0 Å². The molecule has 1 heterocycles. The zero-order chi connectivity index (χ0) is 14.9. The number of nitrogen functional groups attached to an aromatic ring is 1. The quantitative estimate of drug-likeness (QED) is 0.862. The molecule has 1 aromatic rings. The molecule has 0 radical (unpaired) electrons. The van der Waals surface area contributed by atoms with Crippen molar-refractivity contribution in [2.45, 2.75) is 24.3 Å². The lowest BCUT2D eigenvalue weighted by Gasteiger charge is -2.34. The van der Waals surface area contributed by atoms with Crippen molar-refractivity contribution in [3.8, 4) is 0 Å². The van der Waals surface area contributed by atoms with Gasteiger partial charge >= 0.3 is 0 Å². The van der Waals surface area contributed by atoms with Gasteiger partial charge in [-0.05, 0) is 18.6 Å². The molecule has 112 valence electrons. The zero-order valence-electron chi connectivity index (χ0n) is 11.0. The molecule has 8 heteroatoms. The van der Waals surface area contributed by atoms with Gasteiger partial charge < -0.3 is 10.5 Å². The number of halogens is 2. The second-order valence-corrected chi connectivity index (χ2v) is 6.82. The van der Waals surface area contributed by atoms with Crippen molar-refractivity contribution in [1.29, 1.82) is 0 Å². The van der Waals surface area contributed by atoms with Crippen LogP contribution in [-0.4, -0.2) is 38.5 Å². The largest absolute Gasteiger partial charge is 0.396 e. The molecular weight excluding hydrogens is 307 g/mol. The van der Waals surface area contributed by atoms with Gasteiger partial charge in [-0.15, -0.1) is 0 Å². The summed E-state index contributed by atoms with van der Waals surface area (Å²) in [5, 5.41) is -0.168. The number of nitrogens with zero attached hydrogens (tertiary/aromatic N) is 1. The fourth-order valence-electron chi connectivity index (χ4n) is 2.15. The minimum atomic E-state index is -3.82. The van der Waals surface area contributed by atoms with E-state index in [0.717, 1.165) is 12.1 Å². The zero-order valence-corrected chi connectivity index (χ0v) is 12.5. The van der Waals surface area contributed by atoms with Crippen molar-refractivity contribution in [1.82, 2.24) is 4.31 Å². The number of nitrogens with two attached hydrogens (primary N) is 1. The van der Waals surface area contributed by atoms with Gasteiger partial charge in [0.05, 0.1) is 23.9 Å². The molecule has 0 aliphatic carbocycles. The van der Waals surface area contributed by atoms with Crippen LogP contribution in [0.3, 0.4) is 0 Å². The Morgan fingerprint density at radius 3 is 2.90 bits per heavy atom. The molecular formula is C12H16ClFN2O3S. The highest BCUT2D eigenvalue weighted by Gasteiger charge is 2.34. The third-order valence-electron chi connectivity index (χ3n) is 3.28. The molecule has 1 aliphatic rings. The van der Waals surface area contributed by atoms with Crippen LogP contribution in [0.15, 0.2) is 17.0 Å². The number of ether oxygens (including phenoxy) is 1. The molecule has 5 nitrogen and oxygen atoms in total. The maximum Gasteiger partial charge on any atom is 0.245 e. The first-order chi connectivity index (χ1) is 9.37. The van der Waals surface area contributed by atoms with E-state index in [4.69, 9.17) is 22.1 Å². The number of anilines is 1. The second-order valence-electron chi connectivity index (χ2n) is 4.56. The Morgan fingerprint density at radius 2 is 2.25 bits per heavy atom. The Hall–Kier alpha value is -0.890. The van der Waals surface area contributed by atoms with Gasteiger partial charge in [0.1, 0.15) is 10.7 Å². The molecule has 2 rings (SSSR count). The average Bonchev–Trinajstić information content (AvgIpc) is 2.42. The van der Waals surface area contributed by atoms with Crippen LogP contribution in [0.2, 0.25) is 5.02 Å². The maximum atomic E-state index is 13.3. The highest BCUT2D eigenvalue weighted by atomic mass is 35.5. The highest BCUT2D eigenvalue weighted by Crippen LogP contribution is 2.30. The van der Waals surface area contributed by atoms with Crippen LogP contribution in [0, 0.1) is 5.82 Å². The van der Waals surface area contributed by atoms with E-state index in [9.17, 15) is 12.8 Å². The van der Waals surface area contributed by atoms with Crippen molar-refractivity contribution in [3.05, 3.63) is 23.0 Å². The number of hydrogen-bond donors (Lipinski definition) is 1. The van der Waals surface area contributed by atoms with Gasteiger partial charge in [-0.3, -0.25) is 0 Å². The summed E-state index contributed by atoms with van der Waals surface area (Å²) in [6.45, 7) is 2.78. The summed E-state index contributed by atoms with van der Waals surface area (Å²) in [6, 6.07) is 1.73. The molecule has 0 amide bonds. The first-order valence-corrected chi connectivity index (χ1v) is 8.03. The highest BCUT2D eigenvalue weighted by molar-refractivity contribution is 7.89. The third kappa shape index (κ3) is 2.76. The van der Waals surface area contributed by atoms with Crippen molar-refractivity contribution >= 4 is 27.3 Å². The first kappa shape index (κ1) is 15.5. The van der Waals surface area contributed by atoms with Crippen LogP contribution in [0.5, 0.6) is 0 Å². The van der Waals surface area contributed by atoms with Crippen LogP contribution in [0.25, 0.3) is 0 Å². The van der Waals surface area contributed by atoms with Crippen LogP contribution in [0.1, 0.15) is 13.3 Å². The second kappa shape index (κ2) is 5.85. The predicted molar refractivity (Wildman–Crippen MR) is 74.6 cm³/mol. The van der Waals surface area contributed by atoms with Gasteiger partial charge in [0.25, 0.3) is 0 Å². The Balaban J connectivity index is 2.46. The van der Waals surface area contributed by atoms with E-state index in [2.05, 4.69) is 0 Å². The third-order valence-corrected chi connectivity index (χ3v) is 5.70. The summed E-state index contributed by atoms with van der Waals surface area (Å²) in [4.78, 5) is -0.168. The van der Waals surface area contributed by atoms with Crippen LogP contribution >= 0.6 is 11.6 Å². The van der Waals surface area contributed by atoms with Gasteiger partial charge in [-0.2, -0.15) is 4.31 Å². The smallest absolute Gasteiger partial charge is 0.245 e. The number of benzene rings is 1. The lowest BCUT2D eigenvalue weighted by molar-refractivity contribution is 0.0314. The van der Waals surface area contributed by atoms with E-state index < -0.39 is 15.8 Å². The van der Waals surface area contributed by atoms with Gasteiger partial charge in [0, 0.05) is 12.6 Å². The van der Waals surface area contributed by atoms with Gasteiger partial charge in [-0.25, -0.2) is 12.8 Å². The summed E-state index contributed by atoms with van der Waals surface area (Å²) < 4.78 is 45.2. The molecule has 20 heavy (non-hydrogen) atoms. The molecule has 1 atom stereocenters. The van der Waals surface area contributed by atoms with E-state index in [0.29, 0.717) is 19.6 Å². The van der Waals surface area contributed by atoms with Crippen LogP contribution in [-0.2, 0) is 14.8 Å². The van der Waals surface area contributed by atoms with Crippen molar-refractivity contribution < 1.29 is 17.5 Å². The molecule has 0 bridgehead atoms. The summed E-state index contributed by atoms with van der Waals surface area (Å²) in [5.41, 5.74) is 5.20. The first-order valence-electron chi connectivity index (χ1n) is 6.22. The number of rotatable bonds is 3. The standard InChI is InChI=1S/C12H16ClFN2O3S/c1-2-8-7-19-4-3-16(8)20(17,18)12-6-11(15)10(14)5-9(12)13/h5-6,8H,2-4,7,15H2,1H3. The monoisotopic (exact) mass is 322 g/mol. The van der Waals surface area contributed by atoms with Gasteiger partial charge in [-0.1, -0.05) is 18.5 Å². The molecule has 1 aliphatic heterocycles. The van der Waals surface area contributed by atoms with E-state index >= 15 is 0 Å². The topological polar surface area (TPSA) is 72.6 Å². The summed E-state index contributed by atoms with van der Waals surface area (Å²) in [5.74, 6) is -0.733. The van der Waals surface area contributed by atoms with E-state index in [1.54, 1.807) is 0 Å². The Labute approximate surface area is 122 Å². The van der Waals surface area contributed by atoms with Crippen molar-refractivity contribution in [3.63, 3.8) is 0 Å². The fraction of sp³-hybridized carbons (Fsp3) is 0.500. The Bertz CT molecular complexity index is 609. The Morgan fingerprint density at radius 1 is 1.55 bits per heavy atom. The molecule has 0 saturated carbocycles. The Kier molecular flexibility index (Phi) is 4.53. The molecule has 1 saturated heterocycles. The number of sulfonamides is 1. The van der Waals surface area contributed by atoms with Crippen LogP contribution in [0.4, 0.5) is 10.1 Å². The summed E-state index contributed by atoms with van der Waals surface area (Å²) >= 11 is 5.86. The fourth-order valence-corrected chi connectivity index (χ4v) is 4.34. The van der Waals surface area contributed by atoms with E-state index in [1.165, 1.54) is 4.31 Å². The van der Waals surface area contributed by atoms with Crippen molar-refractivity contribution in [2.75, 3.05) is 25.5 Å². The SMILES string of the molecule is CCC1COCCN1S(=O)(=O)c1cc(N)c(F)cc1Cl. The molecule has 1 aromatic carbocycles. The maximum absolute atomic E-state index is 13.3. The van der Waals surface area contributed by atoms with Crippen molar-refractivity contribution in [2.24, 2.45) is 0 Å². The minimum Gasteiger partial charge on any atom is -0.396 e. The van der Waals surface area contributed by atoms with E-state index in [1.807, 2.05) is 6.92 Å². The van der Waals surface area contributed by atoms with Crippen LogP contribution < -0.4 is 5.73 Å². The number of morpholine rings is 1. The predicted octanol–water partition coefficient (Wildman–Crippen LogP) is 1.86. The molecule has 0 spiro atoms. The number of hydrogen-bond acceptors (Lipinski definition) is 4.